The third-order valence-corrected chi connectivity index (χ3v) is 6.72. The quantitative estimate of drug-likeness (QED) is 0.347. The van der Waals surface area contributed by atoms with Crippen LogP contribution in [0, 0.1) is 6.92 Å². The number of benzene rings is 3. The average Bonchev–Trinajstić information content (AvgIpc) is 3.17. The highest BCUT2D eigenvalue weighted by Crippen LogP contribution is 2.28. The molecule has 0 amide bonds. The normalized spacial score (nSPS) is 11.2. The number of aryl methyl sites for hydroxylation is 1. The van der Waals surface area contributed by atoms with E-state index in [1.165, 1.54) is 11.3 Å². The fourth-order valence-corrected chi connectivity index (χ4v) is 4.90. The largest absolute Gasteiger partial charge is 0.457 e. The molecule has 0 saturated heterocycles. The molecule has 0 aliphatic rings. The number of esters is 1. The van der Waals surface area contributed by atoms with Gasteiger partial charge in [0.05, 0.1) is 18.3 Å². The Labute approximate surface area is 188 Å². The van der Waals surface area contributed by atoms with Gasteiger partial charge in [-0.1, -0.05) is 72.8 Å². The van der Waals surface area contributed by atoms with E-state index in [1.54, 1.807) is 17.8 Å². The van der Waals surface area contributed by atoms with Gasteiger partial charge in [0.1, 0.15) is 16.3 Å². The van der Waals surface area contributed by atoms with Crippen LogP contribution < -0.4 is 5.56 Å². The van der Waals surface area contributed by atoms with Crippen molar-refractivity contribution in [2.24, 2.45) is 0 Å². The summed E-state index contributed by atoms with van der Waals surface area (Å²) in [5.41, 5.74) is 2.42. The molecule has 3 aromatic carbocycles. The summed E-state index contributed by atoms with van der Waals surface area (Å²) in [5, 5.41) is 2.71. The van der Waals surface area contributed by atoms with Gasteiger partial charge in [-0.25, -0.2) is 9.78 Å². The first-order valence-electron chi connectivity index (χ1n) is 10.3. The molecule has 0 spiro atoms. The lowest BCUT2D eigenvalue weighted by Gasteiger charge is -2.09. The molecule has 0 radical (unpaired) electrons. The molecule has 0 aliphatic carbocycles. The molecule has 5 aromatic rings. The number of fused-ring (bicyclic) bond motifs is 2. The first kappa shape index (κ1) is 20.2. The van der Waals surface area contributed by atoms with E-state index in [9.17, 15) is 9.59 Å². The van der Waals surface area contributed by atoms with Gasteiger partial charge in [0.15, 0.2) is 0 Å². The molecule has 0 unspecified atom stereocenters. The zero-order valence-electron chi connectivity index (χ0n) is 17.4. The van der Waals surface area contributed by atoms with E-state index >= 15 is 0 Å². The molecule has 5 nitrogen and oxygen atoms in total. The van der Waals surface area contributed by atoms with E-state index < -0.39 is 5.97 Å². The minimum absolute atomic E-state index is 0.154. The fourth-order valence-electron chi connectivity index (χ4n) is 3.87. The lowest BCUT2D eigenvalue weighted by atomic mass is 10.0. The highest BCUT2D eigenvalue weighted by atomic mass is 32.1. The summed E-state index contributed by atoms with van der Waals surface area (Å²) in [6, 6.07) is 23.7. The monoisotopic (exact) mass is 440 g/mol. The molecule has 0 atom stereocenters. The fraction of sp³-hybridized carbons (Fsp3) is 0.115. The van der Waals surface area contributed by atoms with E-state index in [4.69, 9.17) is 4.74 Å². The summed E-state index contributed by atoms with van der Waals surface area (Å²) in [6.45, 7) is 2.38. The van der Waals surface area contributed by atoms with Crippen molar-refractivity contribution in [3.8, 4) is 0 Å². The predicted molar refractivity (Wildman–Crippen MR) is 127 cm³/mol. The number of hydrogen-bond acceptors (Lipinski definition) is 5. The summed E-state index contributed by atoms with van der Waals surface area (Å²) in [6.07, 6.45) is 1.56. The summed E-state index contributed by atoms with van der Waals surface area (Å²) in [5.74, 6) is -0.436. The second-order valence-corrected chi connectivity index (χ2v) is 8.61. The molecular formula is C26H20N2O3S. The topological polar surface area (TPSA) is 61.2 Å². The van der Waals surface area contributed by atoms with Gasteiger partial charge in [0.25, 0.3) is 5.56 Å². The molecule has 0 aliphatic heterocycles. The van der Waals surface area contributed by atoms with Crippen LogP contribution in [0.15, 0.2) is 83.9 Å². The number of aromatic nitrogens is 2. The molecule has 2 aromatic heterocycles. The van der Waals surface area contributed by atoms with Gasteiger partial charge in [-0.05, 0) is 34.4 Å². The first-order valence-corrected chi connectivity index (χ1v) is 11.1. The highest BCUT2D eigenvalue weighted by molar-refractivity contribution is 7.20. The van der Waals surface area contributed by atoms with Crippen LogP contribution in [0.25, 0.3) is 21.0 Å². The number of carbonyl (C=O) groups excluding carboxylic acids is 1. The summed E-state index contributed by atoms with van der Waals surface area (Å²) < 4.78 is 7.07. The van der Waals surface area contributed by atoms with Crippen molar-refractivity contribution < 1.29 is 9.53 Å². The second-order valence-electron chi connectivity index (χ2n) is 7.61. The molecule has 158 valence electrons. The van der Waals surface area contributed by atoms with Gasteiger partial charge in [0, 0.05) is 0 Å². The molecule has 6 heteroatoms. The lowest BCUT2D eigenvalue weighted by Crippen LogP contribution is -2.21. The zero-order chi connectivity index (χ0) is 22.1. The van der Waals surface area contributed by atoms with E-state index in [0.717, 1.165) is 21.9 Å². The Hall–Kier alpha value is -3.77. The molecule has 0 fully saturated rings. The number of ether oxygens (including phenoxy) is 1. The minimum Gasteiger partial charge on any atom is -0.457 e. The number of hydrogen-bond donors (Lipinski definition) is 0. The average molecular weight is 441 g/mol. The first-order chi connectivity index (χ1) is 15.6. The van der Waals surface area contributed by atoms with E-state index in [1.807, 2.05) is 54.6 Å². The Balaban J connectivity index is 1.47. The van der Waals surface area contributed by atoms with E-state index in [0.29, 0.717) is 27.2 Å². The number of thiophene rings is 1. The van der Waals surface area contributed by atoms with Crippen LogP contribution in [0.2, 0.25) is 0 Å². The van der Waals surface area contributed by atoms with Crippen molar-refractivity contribution in [3.05, 3.63) is 111 Å². The van der Waals surface area contributed by atoms with Crippen LogP contribution in [0.1, 0.15) is 26.4 Å². The summed E-state index contributed by atoms with van der Waals surface area (Å²) in [4.78, 5) is 31.4. The van der Waals surface area contributed by atoms with Crippen LogP contribution in [0.4, 0.5) is 0 Å². The maximum Gasteiger partial charge on any atom is 0.349 e. The van der Waals surface area contributed by atoms with Gasteiger partial charge < -0.3 is 4.74 Å². The SMILES string of the molecule is Cc1c(C(=O)OCc2ccccc2)sc2ncn(Cc3cccc4ccccc34)c(=O)c12. The maximum atomic E-state index is 13.3. The van der Waals surface area contributed by atoms with Crippen LogP contribution in [0.5, 0.6) is 0 Å². The Bertz CT molecular complexity index is 1500. The number of nitrogens with zero attached hydrogens (tertiary/aromatic N) is 2. The van der Waals surface area contributed by atoms with E-state index in [2.05, 4.69) is 23.2 Å². The third kappa shape index (κ3) is 3.69. The maximum absolute atomic E-state index is 13.3. The molecule has 32 heavy (non-hydrogen) atoms. The lowest BCUT2D eigenvalue weighted by molar-refractivity contribution is 0.0478. The Kier molecular flexibility index (Phi) is 5.29. The van der Waals surface area contributed by atoms with Crippen molar-refractivity contribution in [2.75, 3.05) is 0 Å². The van der Waals surface area contributed by atoms with Gasteiger partial charge in [-0.2, -0.15) is 0 Å². The zero-order valence-corrected chi connectivity index (χ0v) is 18.3. The van der Waals surface area contributed by atoms with Crippen LogP contribution in [0.3, 0.4) is 0 Å². The predicted octanol–water partition coefficient (Wildman–Crippen LogP) is 5.32. The molecule has 0 N–H and O–H groups in total. The van der Waals surface area contributed by atoms with Crippen molar-refractivity contribution in [1.29, 1.82) is 0 Å². The summed E-state index contributed by atoms with van der Waals surface area (Å²) in [7, 11) is 0. The van der Waals surface area contributed by atoms with Crippen LogP contribution in [-0.4, -0.2) is 15.5 Å². The third-order valence-electron chi connectivity index (χ3n) is 5.54. The van der Waals surface area contributed by atoms with Gasteiger partial charge >= 0.3 is 5.97 Å². The molecular weight excluding hydrogens is 420 g/mol. The van der Waals surface area contributed by atoms with Crippen LogP contribution in [-0.2, 0) is 17.9 Å². The van der Waals surface area contributed by atoms with E-state index in [-0.39, 0.29) is 12.2 Å². The van der Waals surface area contributed by atoms with Gasteiger partial charge in [-0.15, -0.1) is 11.3 Å². The van der Waals surface area contributed by atoms with Crippen molar-refractivity contribution in [2.45, 2.75) is 20.1 Å². The summed E-state index contributed by atoms with van der Waals surface area (Å²) >= 11 is 1.20. The standard InChI is InChI=1S/C26H20N2O3S/c1-17-22-24(32-23(17)26(30)31-15-18-8-3-2-4-9-18)27-16-28(25(22)29)14-20-12-7-11-19-10-5-6-13-21(19)20/h2-13,16H,14-15H2,1H3. The molecule has 2 heterocycles. The second kappa shape index (κ2) is 8.40. The minimum atomic E-state index is -0.436. The molecule has 0 bridgehead atoms. The van der Waals surface area contributed by atoms with Gasteiger partial charge in [-0.3, -0.25) is 9.36 Å². The smallest absolute Gasteiger partial charge is 0.349 e. The van der Waals surface area contributed by atoms with Crippen molar-refractivity contribution in [1.82, 2.24) is 9.55 Å². The molecule has 5 rings (SSSR count). The van der Waals surface area contributed by atoms with Gasteiger partial charge in [0.2, 0.25) is 0 Å². The Morgan fingerprint density at radius 3 is 2.59 bits per heavy atom. The Morgan fingerprint density at radius 1 is 1.00 bits per heavy atom. The molecule has 0 saturated carbocycles. The highest BCUT2D eigenvalue weighted by Gasteiger charge is 2.21. The van der Waals surface area contributed by atoms with Crippen molar-refractivity contribution in [3.63, 3.8) is 0 Å². The number of rotatable bonds is 5. The number of carbonyl (C=O) groups is 1. The van der Waals surface area contributed by atoms with Crippen LogP contribution >= 0.6 is 11.3 Å². The Morgan fingerprint density at radius 2 is 1.75 bits per heavy atom. The van der Waals surface area contributed by atoms with Crippen molar-refractivity contribution >= 4 is 38.3 Å².